The van der Waals surface area contributed by atoms with Gasteiger partial charge in [-0.2, -0.15) is 0 Å². The van der Waals surface area contributed by atoms with Crippen molar-refractivity contribution in [3.8, 4) is 34.8 Å². The summed E-state index contributed by atoms with van der Waals surface area (Å²) in [5.74, 6) is 4.95. The molecule has 0 amide bonds. The third-order valence-corrected chi connectivity index (χ3v) is 7.94. The molecule has 2 aliphatic rings. The first-order valence-corrected chi connectivity index (χ1v) is 16.0. The largest absolute Gasteiger partial charge is 0.493 e. The van der Waals surface area contributed by atoms with Gasteiger partial charge in [-0.3, -0.25) is 0 Å². The maximum absolute atomic E-state index is 6.50. The van der Waals surface area contributed by atoms with Gasteiger partial charge in [-0.1, -0.05) is 24.3 Å². The standard InChI is InChI=1S/C34H42N8O5/c1-43-27-7-3-5-9-29(27)45-21-11-25-23-37-33(31(39-25)41-17-13-35-14-18-41)47-34-32(42-19-15-36-16-20-42)40-26(24-38-34)12-22-46-30-10-6-4-8-28(30)44-2/h3-10,23-24,35-36H,11-22H2,1-2H3. The number of benzene rings is 2. The SMILES string of the molecule is COc1ccccc1OCCc1cnc(Oc2ncc(CCOc3ccccc3OC)nc2N2CCNCC2)c(N2CCNCC2)n1. The summed E-state index contributed by atoms with van der Waals surface area (Å²) in [7, 11) is 3.27. The predicted octanol–water partition coefficient (Wildman–Crippen LogP) is 3.14. The van der Waals surface area contributed by atoms with Crippen molar-refractivity contribution in [2.75, 3.05) is 89.6 Å². The maximum Gasteiger partial charge on any atom is 0.264 e. The molecule has 47 heavy (non-hydrogen) atoms. The highest BCUT2D eigenvalue weighted by Crippen LogP contribution is 2.34. The van der Waals surface area contributed by atoms with E-state index in [0.29, 0.717) is 72.4 Å². The zero-order valence-electron chi connectivity index (χ0n) is 27.0. The van der Waals surface area contributed by atoms with Crippen LogP contribution in [0.4, 0.5) is 11.6 Å². The quantitative estimate of drug-likeness (QED) is 0.209. The first kappa shape index (κ1) is 32.1. The van der Waals surface area contributed by atoms with Gasteiger partial charge in [0.2, 0.25) is 0 Å². The molecule has 2 aromatic heterocycles. The van der Waals surface area contributed by atoms with Gasteiger partial charge in [-0.05, 0) is 24.3 Å². The van der Waals surface area contributed by atoms with Crippen LogP contribution in [0.25, 0.3) is 0 Å². The summed E-state index contributed by atoms with van der Waals surface area (Å²) < 4.78 is 29.3. The van der Waals surface area contributed by atoms with Crippen molar-refractivity contribution in [3.63, 3.8) is 0 Å². The molecule has 2 N–H and O–H groups in total. The minimum atomic E-state index is 0.402. The molecule has 2 aliphatic heterocycles. The number of nitrogens with one attached hydrogen (secondary N) is 2. The zero-order chi connectivity index (χ0) is 32.3. The minimum absolute atomic E-state index is 0.402. The molecule has 6 rings (SSSR count). The number of rotatable bonds is 14. The molecule has 13 heteroatoms. The van der Waals surface area contributed by atoms with Crippen LogP contribution in [-0.2, 0) is 12.8 Å². The van der Waals surface area contributed by atoms with E-state index in [9.17, 15) is 0 Å². The van der Waals surface area contributed by atoms with Crippen LogP contribution >= 0.6 is 0 Å². The second-order valence-electron chi connectivity index (χ2n) is 11.1. The van der Waals surface area contributed by atoms with Crippen LogP contribution < -0.4 is 44.1 Å². The monoisotopic (exact) mass is 642 g/mol. The van der Waals surface area contributed by atoms with E-state index in [-0.39, 0.29) is 0 Å². The Morgan fingerprint density at radius 2 is 1.00 bits per heavy atom. The van der Waals surface area contributed by atoms with Gasteiger partial charge in [-0.15, -0.1) is 0 Å². The first-order valence-electron chi connectivity index (χ1n) is 16.0. The average molecular weight is 643 g/mol. The summed E-state index contributed by atoms with van der Waals surface area (Å²) >= 11 is 0. The molecule has 2 saturated heterocycles. The summed E-state index contributed by atoms with van der Waals surface area (Å²) in [5.41, 5.74) is 1.61. The number of anilines is 2. The fourth-order valence-corrected chi connectivity index (χ4v) is 5.46. The second-order valence-corrected chi connectivity index (χ2v) is 11.1. The molecule has 0 saturated carbocycles. The van der Waals surface area contributed by atoms with Crippen molar-refractivity contribution < 1.29 is 23.7 Å². The van der Waals surface area contributed by atoms with Crippen LogP contribution in [0.15, 0.2) is 60.9 Å². The number of methoxy groups -OCH3 is 2. The molecular formula is C34H42N8O5. The van der Waals surface area contributed by atoms with E-state index in [0.717, 1.165) is 63.7 Å². The van der Waals surface area contributed by atoms with Crippen molar-refractivity contribution >= 4 is 11.6 Å². The van der Waals surface area contributed by atoms with E-state index in [4.69, 9.17) is 43.6 Å². The van der Waals surface area contributed by atoms with Crippen LogP contribution in [0.5, 0.6) is 34.8 Å². The van der Waals surface area contributed by atoms with E-state index in [1.54, 1.807) is 26.6 Å². The summed E-state index contributed by atoms with van der Waals surface area (Å²) in [4.78, 5) is 23.9. The van der Waals surface area contributed by atoms with Gasteiger partial charge >= 0.3 is 0 Å². The molecule has 13 nitrogen and oxygen atoms in total. The van der Waals surface area contributed by atoms with Crippen molar-refractivity contribution in [1.29, 1.82) is 0 Å². The summed E-state index contributed by atoms with van der Waals surface area (Å²) in [6, 6.07) is 15.2. The van der Waals surface area contributed by atoms with Gasteiger partial charge in [0.1, 0.15) is 0 Å². The number of nitrogens with zero attached hydrogens (tertiary/aromatic N) is 6. The molecule has 2 aromatic carbocycles. The molecule has 0 radical (unpaired) electrons. The Morgan fingerprint density at radius 1 is 0.596 bits per heavy atom. The van der Waals surface area contributed by atoms with Gasteiger partial charge in [0.05, 0.1) is 51.2 Å². The fourth-order valence-electron chi connectivity index (χ4n) is 5.46. The van der Waals surface area contributed by atoms with Crippen LogP contribution in [0, 0.1) is 0 Å². The number of piperazine rings is 2. The lowest BCUT2D eigenvalue weighted by Crippen LogP contribution is -2.44. The third-order valence-electron chi connectivity index (χ3n) is 7.94. The lowest BCUT2D eigenvalue weighted by atomic mass is 10.3. The minimum Gasteiger partial charge on any atom is -0.493 e. The van der Waals surface area contributed by atoms with Crippen molar-refractivity contribution in [1.82, 2.24) is 30.6 Å². The molecule has 248 valence electrons. The van der Waals surface area contributed by atoms with E-state index < -0.39 is 0 Å². The molecule has 0 aliphatic carbocycles. The van der Waals surface area contributed by atoms with Gasteiger partial charge < -0.3 is 44.1 Å². The van der Waals surface area contributed by atoms with Crippen molar-refractivity contribution in [3.05, 3.63) is 72.3 Å². The zero-order valence-corrected chi connectivity index (χ0v) is 27.0. The number of aromatic nitrogens is 4. The first-order chi connectivity index (χ1) is 23.2. The van der Waals surface area contributed by atoms with E-state index in [2.05, 4.69) is 20.4 Å². The molecule has 4 heterocycles. The number of hydrogen-bond donors (Lipinski definition) is 2. The maximum atomic E-state index is 6.50. The molecule has 4 aromatic rings. The molecular weight excluding hydrogens is 600 g/mol. The Labute approximate surface area is 275 Å². The predicted molar refractivity (Wildman–Crippen MR) is 179 cm³/mol. The van der Waals surface area contributed by atoms with Gasteiger partial charge in [0.15, 0.2) is 34.6 Å². The highest BCUT2D eigenvalue weighted by molar-refractivity contribution is 5.55. The normalized spacial score (nSPS) is 14.9. The fraction of sp³-hybridized carbons (Fsp3) is 0.412. The summed E-state index contributed by atoms with van der Waals surface area (Å²) in [5, 5.41) is 6.82. The smallest absolute Gasteiger partial charge is 0.264 e. The third kappa shape index (κ3) is 8.29. The average Bonchev–Trinajstić information content (AvgIpc) is 3.14. The Kier molecular flexibility index (Phi) is 11.0. The highest BCUT2D eigenvalue weighted by atomic mass is 16.5. The Balaban J connectivity index is 1.21. The lowest BCUT2D eigenvalue weighted by Gasteiger charge is -2.31. The Hall–Kier alpha value is -4.88. The van der Waals surface area contributed by atoms with Crippen molar-refractivity contribution in [2.45, 2.75) is 12.8 Å². The molecule has 2 fully saturated rings. The number of hydrogen-bond acceptors (Lipinski definition) is 13. The van der Waals surface area contributed by atoms with Crippen molar-refractivity contribution in [2.24, 2.45) is 0 Å². The number of para-hydroxylation sites is 4. The van der Waals surface area contributed by atoms with Crippen LogP contribution in [-0.4, -0.2) is 99.7 Å². The van der Waals surface area contributed by atoms with Crippen LogP contribution in [0.1, 0.15) is 11.4 Å². The highest BCUT2D eigenvalue weighted by Gasteiger charge is 2.24. The van der Waals surface area contributed by atoms with E-state index in [1.165, 1.54) is 0 Å². The topological polar surface area (TPSA) is 128 Å². The van der Waals surface area contributed by atoms with Crippen LogP contribution in [0.3, 0.4) is 0 Å². The van der Waals surface area contributed by atoms with Crippen LogP contribution in [0.2, 0.25) is 0 Å². The Bertz CT molecular complexity index is 1480. The summed E-state index contributed by atoms with van der Waals surface area (Å²) in [6.45, 7) is 7.38. The van der Waals surface area contributed by atoms with Gasteiger partial charge in [0, 0.05) is 65.2 Å². The summed E-state index contributed by atoms with van der Waals surface area (Å²) in [6.07, 6.45) is 4.63. The Morgan fingerprint density at radius 3 is 1.40 bits per heavy atom. The molecule has 0 spiro atoms. The lowest BCUT2D eigenvalue weighted by molar-refractivity contribution is 0.296. The second kappa shape index (κ2) is 16.1. The molecule has 0 unspecified atom stereocenters. The van der Waals surface area contributed by atoms with Gasteiger partial charge in [-0.25, -0.2) is 19.9 Å². The van der Waals surface area contributed by atoms with E-state index >= 15 is 0 Å². The molecule has 0 atom stereocenters. The molecule has 0 bridgehead atoms. The van der Waals surface area contributed by atoms with Gasteiger partial charge in [0.25, 0.3) is 11.8 Å². The van der Waals surface area contributed by atoms with E-state index in [1.807, 2.05) is 48.5 Å². The number of ether oxygens (including phenoxy) is 5.